The summed E-state index contributed by atoms with van der Waals surface area (Å²) in [6.07, 6.45) is 5.58. The Morgan fingerprint density at radius 2 is 2.17 bits per heavy atom. The highest BCUT2D eigenvalue weighted by Gasteiger charge is 2.25. The Morgan fingerprint density at radius 3 is 2.83 bits per heavy atom. The highest BCUT2D eigenvalue weighted by Crippen LogP contribution is 2.37. The van der Waals surface area contributed by atoms with Crippen LogP contribution in [-0.4, -0.2) is 9.55 Å². The minimum atomic E-state index is 0.125. The smallest absolute Gasteiger partial charge is 0.0960 e. The van der Waals surface area contributed by atoms with Crippen LogP contribution in [0.4, 0.5) is 0 Å². The zero-order valence-electron chi connectivity index (χ0n) is 11.1. The molecule has 0 aliphatic heterocycles. The third-order valence-corrected chi connectivity index (χ3v) is 3.69. The van der Waals surface area contributed by atoms with Gasteiger partial charge in [0.2, 0.25) is 0 Å². The first-order chi connectivity index (χ1) is 8.65. The SMILES string of the molecule is CC(C)CC(N)c1ccc2c(c1)ncn2C1CC1. The summed E-state index contributed by atoms with van der Waals surface area (Å²) >= 11 is 0. The van der Waals surface area contributed by atoms with Crippen LogP contribution in [-0.2, 0) is 0 Å². The summed E-state index contributed by atoms with van der Waals surface area (Å²) in [6.45, 7) is 4.42. The molecule has 2 N–H and O–H groups in total. The van der Waals surface area contributed by atoms with Crippen LogP contribution in [0.15, 0.2) is 24.5 Å². The van der Waals surface area contributed by atoms with E-state index in [0.717, 1.165) is 11.9 Å². The van der Waals surface area contributed by atoms with Gasteiger partial charge in [-0.15, -0.1) is 0 Å². The van der Waals surface area contributed by atoms with Crippen molar-refractivity contribution in [2.24, 2.45) is 11.7 Å². The van der Waals surface area contributed by atoms with E-state index < -0.39 is 0 Å². The predicted molar refractivity (Wildman–Crippen MR) is 74.4 cm³/mol. The summed E-state index contributed by atoms with van der Waals surface area (Å²) in [5, 5.41) is 0. The average Bonchev–Trinajstić information content (AvgIpc) is 3.08. The van der Waals surface area contributed by atoms with Crippen molar-refractivity contribution in [2.75, 3.05) is 0 Å². The van der Waals surface area contributed by atoms with Crippen LogP contribution in [0.25, 0.3) is 11.0 Å². The molecule has 1 unspecified atom stereocenters. The van der Waals surface area contributed by atoms with Crippen molar-refractivity contribution in [1.82, 2.24) is 9.55 Å². The third kappa shape index (κ3) is 2.15. The van der Waals surface area contributed by atoms with Gasteiger partial charge >= 0.3 is 0 Å². The molecule has 96 valence electrons. The van der Waals surface area contributed by atoms with Gasteiger partial charge < -0.3 is 10.3 Å². The standard InChI is InChI=1S/C15H21N3/c1-10(2)7-13(16)11-3-6-15-14(8-11)17-9-18(15)12-4-5-12/h3,6,8-10,12-13H,4-5,7,16H2,1-2H3. The molecule has 1 aromatic heterocycles. The van der Waals surface area contributed by atoms with Gasteiger partial charge in [0.1, 0.15) is 0 Å². The molecule has 0 spiro atoms. The van der Waals surface area contributed by atoms with Crippen molar-refractivity contribution < 1.29 is 0 Å². The largest absolute Gasteiger partial charge is 0.327 e. The fraction of sp³-hybridized carbons (Fsp3) is 0.533. The van der Waals surface area contributed by atoms with E-state index in [4.69, 9.17) is 5.73 Å². The molecule has 0 saturated heterocycles. The maximum absolute atomic E-state index is 6.23. The van der Waals surface area contributed by atoms with Crippen LogP contribution in [0.2, 0.25) is 0 Å². The number of benzene rings is 1. The van der Waals surface area contributed by atoms with Gasteiger partial charge in [0.05, 0.1) is 17.4 Å². The van der Waals surface area contributed by atoms with E-state index in [1.165, 1.54) is 23.9 Å². The lowest BCUT2D eigenvalue weighted by Crippen LogP contribution is -2.12. The Bertz CT molecular complexity index is 552. The topological polar surface area (TPSA) is 43.8 Å². The van der Waals surface area contributed by atoms with Crippen molar-refractivity contribution in [2.45, 2.75) is 45.2 Å². The van der Waals surface area contributed by atoms with Gasteiger partial charge in [-0.1, -0.05) is 19.9 Å². The molecule has 1 aromatic carbocycles. The second-order valence-electron chi connectivity index (χ2n) is 5.87. The molecular weight excluding hydrogens is 222 g/mol. The number of hydrogen-bond donors (Lipinski definition) is 1. The molecule has 0 bridgehead atoms. The Balaban J connectivity index is 1.91. The molecule has 1 atom stereocenters. The van der Waals surface area contributed by atoms with Crippen molar-refractivity contribution in [3.63, 3.8) is 0 Å². The summed E-state index contributed by atoms with van der Waals surface area (Å²) in [5.74, 6) is 0.625. The van der Waals surface area contributed by atoms with Gasteiger partial charge in [-0.2, -0.15) is 0 Å². The summed E-state index contributed by atoms with van der Waals surface area (Å²) in [6, 6.07) is 7.30. The molecule has 0 amide bonds. The van der Waals surface area contributed by atoms with Crippen LogP contribution >= 0.6 is 0 Å². The molecule has 1 aliphatic carbocycles. The summed E-state index contributed by atoms with van der Waals surface area (Å²) in [4.78, 5) is 4.51. The van der Waals surface area contributed by atoms with E-state index in [-0.39, 0.29) is 6.04 Å². The molecule has 3 nitrogen and oxygen atoms in total. The fourth-order valence-electron chi connectivity index (χ4n) is 2.57. The quantitative estimate of drug-likeness (QED) is 0.894. The number of nitrogens with zero attached hydrogens (tertiary/aromatic N) is 2. The minimum absolute atomic E-state index is 0.125. The van der Waals surface area contributed by atoms with Crippen LogP contribution in [0.1, 0.15) is 50.8 Å². The van der Waals surface area contributed by atoms with Gasteiger partial charge in [-0.3, -0.25) is 0 Å². The number of hydrogen-bond acceptors (Lipinski definition) is 2. The molecular formula is C15H21N3. The second kappa shape index (κ2) is 4.39. The third-order valence-electron chi connectivity index (χ3n) is 3.69. The first kappa shape index (κ1) is 11.7. The first-order valence-corrected chi connectivity index (χ1v) is 6.87. The molecule has 1 aliphatic rings. The van der Waals surface area contributed by atoms with Gasteiger partial charge in [-0.25, -0.2) is 4.98 Å². The highest BCUT2D eigenvalue weighted by atomic mass is 15.1. The molecule has 1 fully saturated rings. The lowest BCUT2D eigenvalue weighted by Gasteiger charge is -2.14. The van der Waals surface area contributed by atoms with E-state index in [1.807, 2.05) is 6.33 Å². The zero-order chi connectivity index (χ0) is 12.7. The van der Waals surface area contributed by atoms with Crippen LogP contribution in [0.5, 0.6) is 0 Å². The van der Waals surface area contributed by atoms with Crippen molar-refractivity contribution >= 4 is 11.0 Å². The predicted octanol–water partition coefficient (Wildman–Crippen LogP) is 3.42. The molecule has 3 heteroatoms. The zero-order valence-corrected chi connectivity index (χ0v) is 11.1. The number of aromatic nitrogens is 2. The van der Waals surface area contributed by atoms with Gasteiger partial charge in [0.25, 0.3) is 0 Å². The van der Waals surface area contributed by atoms with Crippen LogP contribution in [0, 0.1) is 5.92 Å². The summed E-state index contributed by atoms with van der Waals surface area (Å²) in [7, 11) is 0. The van der Waals surface area contributed by atoms with E-state index in [9.17, 15) is 0 Å². The average molecular weight is 243 g/mol. The lowest BCUT2D eigenvalue weighted by atomic mass is 9.97. The Morgan fingerprint density at radius 1 is 1.39 bits per heavy atom. The Labute approximate surface area is 108 Å². The van der Waals surface area contributed by atoms with E-state index in [0.29, 0.717) is 12.0 Å². The molecule has 1 saturated carbocycles. The van der Waals surface area contributed by atoms with E-state index >= 15 is 0 Å². The van der Waals surface area contributed by atoms with Crippen molar-refractivity contribution in [3.05, 3.63) is 30.1 Å². The molecule has 1 heterocycles. The minimum Gasteiger partial charge on any atom is -0.327 e. The number of fused-ring (bicyclic) bond motifs is 1. The first-order valence-electron chi connectivity index (χ1n) is 6.87. The van der Waals surface area contributed by atoms with E-state index in [2.05, 4.69) is 41.6 Å². The molecule has 2 aromatic rings. The highest BCUT2D eigenvalue weighted by molar-refractivity contribution is 5.76. The summed E-state index contributed by atoms with van der Waals surface area (Å²) in [5.41, 5.74) is 9.77. The molecule has 3 rings (SSSR count). The maximum atomic E-state index is 6.23. The molecule has 0 radical (unpaired) electrons. The van der Waals surface area contributed by atoms with Crippen molar-refractivity contribution in [3.8, 4) is 0 Å². The van der Waals surface area contributed by atoms with Gasteiger partial charge in [-0.05, 0) is 42.9 Å². The van der Waals surface area contributed by atoms with Gasteiger partial charge in [0.15, 0.2) is 0 Å². The second-order valence-corrected chi connectivity index (χ2v) is 5.87. The Kier molecular flexibility index (Phi) is 2.86. The fourth-order valence-corrected chi connectivity index (χ4v) is 2.57. The van der Waals surface area contributed by atoms with Crippen LogP contribution in [0.3, 0.4) is 0 Å². The summed E-state index contributed by atoms with van der Waals surface area (Å²) < 4.78 is 2.30. The maximum Gasteiger partial charge on any atom is 0.0960 e. The van der Waals surface area contributed by atoms with E-state index in [1.54, 1.807) is 0 Å². The van der Waals surface area contributed by atoms with Crippen LogP contribution < -0.4 is 5.73 Å². The van der Waals surface area contributed by atoms with Gasteiger partial charge in [0, 0.05) is 12.1 Å². The Hall–Kier alpha value is -1.35. The normalized spacial score (nSPS) is 17.6. The monoisotopic (exact) mass is 243 g/mol. The lowest BCUT2D eigenvalue weighted by molar-refractivity contribution is 0.510. The molecule has 18 heavy (non-hydrogen) atoms. The number of rotatable bonds is 4. The number of imidazole rings is 1. The number of nitrogens with two attached hydrogens (primary N) is 1. The van der Waals surface area contributed by atoms with Crippen molar-refractivity contribution in [1.29, 1.82) is 0 Å².